The Morgan fingerprint density at radius 1 is 0.902 bits per heavy atom. The molecule has 17 nitrogen and oxygen atoms in total. The van der Waals surface area contributed by atoms with Crippen molar-refractivity contribution in [2.24, 2.45) is 5.41 Å². The van der Waals surface area contributed by atoms with Crippen LogP contribution in [0.15, 0.2) is 82.5 Å². The lowest BCUT2D eigenvalue weighted by Crippen LogP contribution is -2.59. The van der Waals surface area contributed by atoms with Crippen molar-refractivity contribution in [2.45, 2.75) is 62.0 Å². The number of hydrogen-bond donors (Lipinski definition) is 2. The van der Waals surface area contributed by atoms with Gasteiger partial charge < -0.3 is 19.1 Å². The fraction of sp³-hybridized carbons (Fsp3) is 0.395. The zero-order valence-corrected chi connectivity index (χ0v) is 34.4. The normalized spacial score (nSPS) is 20.9. The van der Waals surface area contributed by atoms with Gasteiger partial charge in [0.2, 0.25) is 11.8 Å². The second-order valence-corrected chi connectivity index (χ2v) is 18.4. The highest BCUT2D eigenvalue weighted by atomic mass is 32.2. The van der Waals surface area contributed by atoms with Crippen molar-refractivity contribution in [3.63, 3.8) is 0 Å². The van der Waals surface area contributed by atoms with Gasteiger partial charge in [0.15, 0.2) is 11.4 Å². The zero-order valence-electron chi connectivity index (χ0n) is 33.6. The first-order chi connectivity index (χ1) is 29.5. The average molecular weight is 848 g/mol. The van der Waals surface area contributed by atoms with Gasteiger partial charge in [-0.2, -0.15) is 5.10 Å². The molecule has 18 heteroatoms. The molecule has 316 valence electrons. The van der Waals surface area contributed by atoms with E-state index in [1.165, 1.54) is 7.11 Å². The first-order valence-corrected chi connectivity index (χ1v) is 22.1. The largest absolute Gasteiger partial charge is 0.496 e. The molecule has 1 saturated carbocycles. The highest BCUT2D eigenvalue weighted by Gasteiger charge is 2.49. The zero-order chi connectivity index (χ0) is 42.0. The van der Waals surface area contributed by atoms with E-state index in [9.17, 15) is 27.6 Å². The lowest BCUT2D eigenvalue weighted by molar-refractivity contribution is -0.136. The summed E-state index contributed by atoms with van der Waals surface area (Å²) in [7, 11) is -2.55. The maximum Gasteiger partial charge on any atom is 0.265 e. The summed E-state index contributed by atoms with van der Waals surface area (Å²) >= 11 is 0. The van der Waals surface area contributed by atoms with Crippen LogP contribution in [0.25, 0.3) is 11.0 Å². The predicted octanol–water partition coefficient (Wildman–Crippen LogP) is 3.85. The van der Waals surface area contributed by atoms with Crippen LogP contribution in [0.3, 0.4) is 0 Å². The number of benzene rings is 3. The second kappa shape index (κ2) is 15.0. The van der Waals surface area contributed by atoms with Crippen LogP contribution >= 0.6 is 0 Å². The van der Waals surface area contributed by atoms with E-state index >= 15 is 0 Å². The van der Waals surface area contributed by atoms with Crippen LogP contribution in [0, 0.1) is 5.41 Å². The molecule has 10 rings (SSSR count). The number of anilines is 3. The molecule has 4 fully saturated rings. The topological polar surface area (TPSA) is 193 Å². The van der Waals surface area contributed by atoms with Crippen LogP contribution in [0.2, 0.25) is 0 Å². The van der Waals surface area contributed by atoms with Gasteiger partial charge in [0, 0.05) is 69.8 Å². The number of ether oxygens (including phenoxy) is 1. The Morgan fingerprint density at radius 3 is 2.41 bits per heavy atom. The first-order valence-electron chi connectivity index (χ1n) is 20.6. The molecule has 6 heterocycles. The number of imide groups is 2. The molecule has 1 unspecified atom stereocenters. The van der Waals surface area contributed by atoms with Crippen molar-refractivity contribution in [3.05, 3.63) is 89.7 Å². The summed E-state index contributed by atoms with van der Waals surface area (Å²) in [5.74, 6) is -1.52. The third-order valence-electron chi connectivity index (χ3n) is 13.2. The molecule has 1 atom stereocenters. The summed E-state index contributed by atoms with van der Waals surface area (Å²) in [6, 6.07) is 17.3. The molecule has 4 aliphatic heterocycles. The number of aromatic nitrogens is 3. The number of carbonyl (C=O) groups excluding carboxylic acids is 4. The maximum atomic E-state index is 14.0. The Bertz CT molecular complexity index is 2680. The average Bonchev–Trinajstić information content (AvgIpc) is 3.98. The van der Waals surface area contributed by atoms with Crippen LogP contribution in [0.4, 0.5) is 17.2 Å². The first kappa shape index (κ1) is 38.9. The molecule has 1 aliphatic carbocycles. The van der Waals surface area contributed by atoms with Gasteiger partial charge in [0.25, 0.3) is 21.8 Å². The molecule has 61 heavy (non-hydrogen) atoms. The number of piperazine rings is 1. The monoisotopic (exact) mass is 847 g/mol. The summed E-state index contributed by atoms with van der Waals surface area (Å²) in [4.78, 5) is 58.9. The van der Waals surface area contributed by atoms with Crippen LogP contribution in [0.5, 0.6) is 5.75 Å². The number of nitrogens with one attached hydrogen (secondary N) is 2. The van der Waals surface area contributed by atoms with E-state index in [4.69, 9.17) is 9.26 Å². The van der Waals surface area contributed by atoms with Crippen molar-refractivity contribution >= 4 is 61.8 Å². The summed E-state index contributed by atoms with van der Waals surface area (Å²) in [5, 5.41) is 11.0. The number of fused-ring (bicyclic) bond motifs is 2. The molecular weight excluding hydrogens is 803 g/mol. The van der Waals surface area contributed by atoms with Crippen LogP contribution in [0.1, 0.15) is 64.8 Å². The number of para-hydroxylation sites is 1. The maximum absolute atomic E-state index is 14.0. The van der Waals surface area contributed by atoms with Crippen molar-refractivity contribution in [1.82, 2.24) is 30.1 Å². The van der Waals surface area contributed by atoms with E-state index in [0.717, 1.165) is 68.0 Å². The van der Waals surface area contributed by atoms with Gasteiger partial charge in [0.1, 0.15) is 22.1 Å². The summed E-state index contributed by atoms with van der Waals surface area (Å²) < 4.78 is 43.8. The van der Waals surface area contributed by atoms with E-state index in [0.29, 0.717) is 53.6 Å². The number of rotatable bonds is 10. The number of methoxy groups -OCH3 is 1. The molecule has 1 spiro atoms. The Balaban J connectivity index is 0.745. The van der Waals surface area contributed by atoms with E-state index in [1.54, 1.807) is 41.2 Å². The quantitative estimate of drug-likeness (QED) is 0.193. The van der Waals surface area contributed by atoms with E-state index < -0.39 is 39.7 Å². The van der Waals surface area contributed by atoms with Crippen molar-refractivity contribution in [2.75, 3.05) is 60.9 Å². The van der Waals surface area contributed by atoms with E-state index in [1.807, 2.05) is 36.5 Å². The minimum absolute atomic E-state index is 0.0547. The summed E-state index contributed by atoms with van der Waals surface area (Å²) in [5.41, 5.74) is 3.61. The number of hydrogen-bond acceptors (Lipinski definition) is 13. The Kier molecular flexibility index (Phi) is 9.58. The van der Waals surface area contributed by atoms with Gasteiger partial charge in [-0.05, 0) is 91.6 Å². The van der Waals surface area contributed by atoms with E-state index in [2.05, 4.69) is 35.0 Å². The molecule has 5 aliphatic rings. The Hall–Kier alpha value is -6.27. The van der Waals surface area contributed by atoms with Crippen molar-refractivity contribution < 1.29 is 36.9 Å². The van der Waals surface area contributed by atoms with Crippen LogP contribution in [-0.4, -0.2) is 115 Å². The minimum atomic E-state index is -4.08. The van der Waals surface area contributed by atoms with Crippen molar-refractivity contribution in [1.29, 1.82) is 0 Å². The molecule has 2 aromatic heterocycles. The van der Waals surface area contributed by atoms with Gasteiger partial charge in [-0.1, -0.05) is 17.3 Å². The number of piperidine rings is 2. The third kappa shape index (κ3) is 6.96. The number of nitrogens with zero attached hydrogens (tertiary/aromatic N) is 7. The predicted molar refractivity (Wildman–Crippen MR) is 223 cm³/mol. The molecular formula is C43H45N9O8S. The fourth-order valence-corrected chi connectivity index (χ4v) is 11.2. The molecule has 2 N–H and O–H groups in total. The molecule has 0 radical (unpaired) electrons. The van der Waals surface area contributed by atoms with E-state index in [-0.39, 0.29) is 34.5 Å². The Morgan fingerprint density at radius 2 is 1.67 bits per heavy atom. The molecule has 3 aromatic carbocycles. The Labute approximate surface area is 351 Å². The van der Waals surface area contributed by atoms with Gasteiger partial charge >= 0.3 is 0 Å². The van der Waals surface area contributed by atoms with Gasteiger partial charge in [0.05, 0.1) is 30.5 Å². The summed E-state index contributed by atoms with van der Waals surface area (Å²) in [6.45, 7) is 5.15. The van der Waals surface area contributed by atoms with Gasteiger partial charge in [-0.3, -0.25) is 43.7 Å². The van der Waals surface area contributed by atoms with Gasteiger partial charge in [-0.25, -0.2) is 8.42 Å². The van der Waals surface area contributed by atoms with Crippen LogP contribution < -0.4 is 24.6 Å². The molecule has 5 aromatic rings. The standard InChI is InChI=1S/C43H45N9O8S/c1-59-34-21-27(26-51-14-4-13-44-51)22-35-38(34)39(46-60-35)47-61(57,58)36-6-3-2-5-32(36)50-19-17-49(18-20-50)29-24-43(25-29)11-15-48(16-12-43)28-7-8-30-31(23-28)42(56)52(41(30)55)33-9-10-37(53)45-40(33)54/h2-8,13-14,21-23,29,33H,9-12,15-20,24-26H2,1H3,(H,46,47)(H,45,53,54). The minimum Gasteiger partial charge on any atom is -0.496 e. The smallest absolute Gasteiger partial charge is 0.265 e. The fourth-order valence-electron chi connectivity index (χ4n) is 9.95. The number of carbonyl (C=O) groups is 4. The molecule has 0 bridgehead atoms. The van der Waals surface area contributed by atoms with Crippen molar-refractivity contribution in [3.8, 4) is 5.75 Å². The third-order valence-corrected chi connectivity index (χ3v) is 14.6. The number of amides is 4. The lowest BCUT2D eigenvalue weighted by Gasteiger charge is -2.56. The molecule has 4 amide bonds. The molecule has 3 saturated heterocycles. The highest BCUT2D eigenvalue weighted by Crippen LogP contribution is 2.52. The highest BCUT2D eigenvalue weighted by molar-refractivity contribution is 7.93. The van der Waals surface area contributed by atoms with Crippen LogP contribution in [-0.2, 0) is 26.2 Å². The summed E-state index contributed by atoms with van der Waals surface area (Å²) in [6.07, 6.45) is 8.01. The van der Waals surface area contributed by atoms with Gasteiger partial charge in [-0.15, -0.1) is 0 Å². The second-order valence-electron chi connectivity index (χ2n) is 16.7. The SMILES string of the molecule is COc1cc(Cn2cccn2)cc2onc(NS(=O)(=O)c3ccccc3N3CCN(C4CC5(CCN(c6ccc7c(c6)C(=O)N(C6CCC(=O)NC6=O)C7=O)CC5)C4)CC3)c12. The lowest BCUT2D eigenvalue weighted by atomic mass is 9.60. The number of sulfonamides is 1.